The Morgan fingerprint density at radius 2 is 1.77 bits per heavy atom. The number of nitrogens with zero attached hydrogens (tertiary/aromatic N) is 3. The Balaban J connectivity index is 1.30. The van der Waals surface area contributed by atoms with E-state index in [1.807, 2.05) is 0 Å². The second-order valence-electron chi connectivity index (χ2n) is 7.67. The fourth-order valence-corrected chi connectivity index (χ4v) is 3.72. The van der Waals surface area contributed by atoms with Crippen molar-refractivity contribution in [3.8, 4) is 5.75 Å². The minimum Gasteiger partial charge on any atom is -0.493 e. The lowest BCUT2D eigenvalue weighted by Crippen LogP contribution is -2.47. The van der Waals surface area contributed by atoms with Gasteiger partial charge in [0.2, 0.25) is 0 Å². The smallest absolute Gasteiger partial charge is 0.269 e. The lowest BCUT2D eigenvalue weighted by Gasteiger charge is -2.34. The van der Waals surface area contributed by atoms with Crippen LogP contribution in [-0.4, -0.2) is 60.6 Å². The zero-order valence-corrected chi connectivity index (χ0v) is 15.8. The van der Waals surface area contributed by atoms with E-state index in [9.17, 15) is 10.1 Å². The van der Waals surface area contributed by atoms with Gasteiger partial charge in [-0.05, 0) is 43.4 Å². The normalized spacial score (nSPS) is 23.7. The molecule has 1 saturated heterocycles. The van der Waals surface area contributed by atoms with Crippen LogP contribution in [0.25, 0.3) is 0 Å². The van der Waals surface area contributed by atoms with Crippen LogP contribution in [0.4, 0.5) is 5.69 Å². The predicted octanol–water partition coefficient (Wildman–Crippen LogP) is 3.42. The van der Waals surface area contributed by atoms with Gasteiger partial charge in [-0.1, -0.05) is 19.8 Å². The Morgan fingerprint density at radius 1 is 1.08 bits per heavy atom. The zero-order valence-electron chi connectivity index (χ0n) is 15.8. The van der Waals surface area contributed by atoms with E-state index >= 15 is 0 Å². The van der Waals surface area contributed by atoms with Gasteiger partial charge in [0.05, 0.1) is 11.5 Å². The molecule has 2 fully saturated rings. The summed E-state index contributed by atoms with van der Waals surface area (Å²) < 4.78 is 5.81. The molecule has 1 aromatic rings. The molecule has 0 aromatic heterocycles. The number of nitro benzene ring substituents is 1. The molecule has 0 spiro atoms. The Kier molecular flexibility index (Phi) is 6.86. The molecule has 0 bridgehead atoms. The van der Waals surface area contributed by atoms with Gasteiger partial charge in [0.15, 0.2) is 0 Å². The molecule has 144 valence electrons. The Hall–Kier alpha value is -1.66. The van der Waals surface area contributed by atoms with Crippen molar-refractivity contribution in [3.63, 3.8) is 0 Å². The van der Waals surface area contributed by atoms with E-state index in [0.717, 1.165) is 18.3 Å². The number of nitro groups is 1. The number of unbranched alkanes of at least 4 members (excludes halogenated alkanes) is 2. The van der Waals surface area contributed by atoms with E-state index in [0.29, 0.717) is 5.92 Å². The van der Waals surface area contributed by atoms with Crippen LogP contribution in [0.15, 0.2) is 24.3 Å². The average Bonchev–Trinajstić information content (AvgIpc) is 3.40. The molecule has 6 nitrogen and oxygen atoms in total. The van der Waals surface area contributed by atoms with Crippen molar-refractivity contribution in [3.05, 3.63) is 34.4 Å². The van der Waals surface area contributed by atoms with Crippen LogP contribution in [0.3, 0.4) is 0 Å². The number of hydrogen-bond donors (Lipinski definition) is 0. The molecule has 0 N–H and O–H groups in total. The number of hydrogen-bond acceptors (Lipinski definition) is 5. The SMILES string of the molecule is CCCCCN1CCN(CC2CC2COc2ccc([N+](=O)[O-])cc2)CC1. The third-order valence-electron chi connectivity index (χ3n) is 5.62. The first kappa shape index (κ1) is 19.1. The number of benzene rings is 1. The first-order chi connectivity index (χ1) is 12.7. The van der Waals surface area contributed by atoms with Crippen LogP contribution < -0.4 is 4.74 Å². The highest BCUT2D eigenvalue weighted by Crippen LogP contribution is 2.39. The quantitative estimate of drug-likeness (QED) is 0.363. The van der Waals surface area contributed by atoms with Crippen molar-refractivity contribution in [1.29, 1.82) is 0 Å². The van der Waals surface area contributed by atoms with Gasteiger partial charge in [-0.25, -0.2) is 0 Å². The molecular formula is C20H31N3O3. The highest BCUT2D eigenvalue weighted by Gasteiger charge is 2.39. The summed E-state index contributed by atoms with van der Waals surface area (Å²) in [6, 6.07) is 6.37. The van der Waals surface area contributed by atoms with Gasteiger partial charge < -0.3 is 14.5 Å². The van der Waals surface area contributed by atoms with E-state index in [4.69, 9.17) is 4.74 Å². The molecule has 2 aliphatic rings. The molecule has 3 rings (SSSR count). The van der Waals surface area contributed by atoms with Crippen LogP contribution in [0.2, 0.25) is 0 Å². The minimum absolute atomic E-state index is 0.107. The van der Waals surface area contributed by atoms with Crippen molar-refractivity contribution < 1.29 is 9.66 Å². The van der Waals surface area contributed by atoms with Crippen LogP contribution in [0.5, 0.6) is 5.75 Å². The summed E-state index contributed by atoms with van der Waals surface area (Å²) >= 11 is 0. The molecule has 6 heteroatoms. The van der Waals surface area contributed by atoms with E-state index < -0.39 is 0 Å². The minimum atomic E-state index is -0.385. The summed E-state index contributed by atoms with van der Waals surface area (Å²) in [5, 5.41) is 10.7. The Morgan fingerprint density at radius 3 is 2.42 bits per heavy atom. The first-order valence-electron chi connectivity index (χ1n) is 9.97. The maximum Gasteiger partial charge on any atom is 0.269 e. The van der Waals surface area contributed by atoms with Gasteiger partial charge in [-0.3, -0.25) is 10.1 Å². The maximum atomic E-state index is 10.7. The molecule has 0 radical (unpaired) electrons. The van der Waals surface area contributed by atoms with Gasteiger partial charge in [0.25, 0.3) is 5.69 Å². The standard InChI is InChI=1S/C20H31N3O3/c1-2-3-4-9-21-10-12-22(13-11-21)15-17-14-18(17)16-26-20-7-5-19(6-8-20)23(24)25/h5-8,17-18H,2-4,9-16H2,1H3. The molecule has 1 aromatic carbocycles. The van der Waals surface area contributed by atoms with Gasteiger partial charge in [0.1, 0.15) is 5.75 Å². The Bertz CT molecular complexity index is 570. The summed E-state index contributed by atoms with van der Waals surface area (Å²) in [6.45, 7) is 10.2. The third kappa shape index (κ3) is 5.68. The molecule has 1 aliphatic carbocycles. The molecule has 0 amide bonds. The van der Waals surface area contributed by atoms with E-state index in [1.54, 1.807) is 12.1 Å². The maximum absolute atomic E-state index is 10.7. The summed E-state index contributed by atoms with van der Waals surface area (Å²) in [5.74, 6) is 2.11. The van der Waals surface area contributed by atoms with Gasteiger partial charge in [-0.15, -0.1) is 0 Å². The monoisotopic (exact) mass is 361 g/mol. The van der Waals surface area contributed by atoms with Crippen LogP contribution in [-0.2, 0) is 0 Å². The van der Waals surface area contributed by atoms with E-state index in [-0.39, 0.29) is 10.6 Å². The van der Waals surface area contributed by atoms with Crippen molar-refractivity contribution in [2.24, 2.45) is 11.8 Å². The molecule has 2 atom stereocenters. The van der Waals surface area contributed by atoms with Crippen LogP contribution >= 0.6 is 0 Å². The zero-order chi connectivity index (χ0) is 18.4. The average molecular weight is 361 g/mol. The summed E-state index contributed by atoms with van der Waals surface area (Å²) in [7, 11) is 0. The topological polar surface area (TPSA) is 58.8 Å². The van der Waals surface area contributed by atoms with Crippen molar-refractivity contribution in [1.82, 2.24) is 9.80 Å². The number of ether oxygens (including phenoxy) is 1. The molecule has 2 unspecified atom stereocenters. The molecule has 26 heavy (non-hydrogen) atoms. The number of rotatable bonds is 10. The fraction of sp³-hybridized carbons (Fsp3) is 0.700. The third-order valence-corrected chi connectivity index (χ3v) is 5.62. The van der Waals surface area contributed by atoms with E-state index in [2.05, 4.69) is 16.7 Å². The largest absolute Gasteiger partial charge is 0.493 e. The van der Waals surface area contributed by atoms with Gasteiger partial charge in [-0.2, -0.15) is 0 Å². The van der Waals surface area contributed by atoms with Gasteiger partial charge in [0, 0.05) is 44.9 Å². The lowest BCUT2D eigenvalue weighted by atomic mass is 10.2. The van der Waals surface area contributed by atoms with Gasteiger partial charge >= 0.3 is 0 Å². The molecule has 1 saturated carbocycles. The van der Waals surface area contributed by atoms with Crippen LogP contribution in [0.1, 0.15) is 32.6 Å². The predicted molar refractivity (Wildman–Crippen MR) is 103 cm³/mol. The van der Waals surface area contributed by atoms with Crippen molar-refractivity contribution in [2.75, 3.05) is 45.9 Å². The second kappa shape index (κ2) is 9.33. The van der Waals surface area contributed by atoms with Crippen LogP contribution in [0, 0.1) is 22.0 Å². The second-order valence-corrected chi connectivity index (χ2v) is 7.67. The van der Waals surface area contributed by atoms with Crippen molar-refractivity contribution in [2.45, 2.75) is 32.6 Å². The highest BCUT2D eigenvalue weighted by molar-refractivity contribution is 5.35. The first-order valence-corrected chi connectivity index (χ1v) is 9.97. The number of piperazine rings is 1. The molecular weight excluding hydrogens is 330 g/mol. The summed E-state index contributed by atoms with van der Waals surface area (Å²) in [4.78, 5) is 15.5. The highest BCUT2D eigenvalue weighted by atomic mass is 16.6. The lowest BCUT2D eigenvalue weighted by molar-refractivity contribution is -0.384. The molecule has 1 heterocycles. The summed E-state index contributed by atoms with van der Waals surface area (Å²) in [6.07, 6.45) is 5.22. The molecule has 1 aliphatic heterocycles. The summed E-state index contributed by atoms with van der Waals surface area (Å²) in [5.41, 5.74) is 0.107. The van der Waals surface area contributed by atoms with Crippen molar-refractivity contribution >= 4 is 5.69 Å². The van der Waals surface area contributed by atoms with E-state index in [1.165, 1.54) is 77.1 Å². The number of non-ortho nitro benzene ring substituents is 1. The Labute approximate surface area is 156 Å². The fourth-order valence-electron chi connectivity index (χ4n) is 3.72.